The van der Waals surface area contributed by atoms with Gasteiger partial charge >= 0.3 is 0 Å². The Hall–Kier alpha value is -2.43. The van der Waals surface area contributed by atoms with Crippen LogP contribution in [0, 0.1) is 0 Å². The molecule has 94 valence electrons. The first-order valence-electron chi connectivity index (χ1n) is 5.29. The first-order chi connectivity index (χ1) is 8.47. The fourth-order valence-corrected chi connectivity index (χ4v) is 1.33. The number of amides is 3. The molecular weight excluding hydrogens is 232 g/mol. The van der Waals surface area contributed by atoms with Gasteiger partial charge in [0.05, 0.1) is 11.1 Å². The third-order valence-corrected chi connectivity index (χ3v) is 2.26. The number of hydrogen-bond donors (Lipinski definition) is 2. The third-order valence-electron chi connectivity index (χ3n) is 2.26. The number of carbonyl (C=O) groups excluding carboxylic acids is 3. The fraction of sp³-hybridized carbons (Fsp3) is 0.154. The van der Waals surface area contributed by atoms with Crippen molar-refractivity contribution < 1.29 is 14.4 Å². The number of hydrogen-bond acceptors (Lipinski definition) is 3. The summed E-state index contributed by atoms with van der Waals surface area (Å²) in [7, 11) is 1.58. The van der Waals surface area contributed by atoms with Crippen LogP contribution in [-0.2, 0) is 4.79 Å². The minimum Gasteiger partial charge on any atom is -0.355 e. The van der Waals surface area contributed by atoms with Crippen molar-refractivity contribution in [2.24, 2.45) is 0 Å². The van der Waals surface area contributed by atoms with Crippen LogP contribution in [0.25, 0.3) is 0 Å². The molecule has 2 N–H and O–H groups in total. The number of benzene rings is 1. The monoisotopic (exact) mass is 246 g/mol. The first-order valence-corrected chi connectivity index (χ1v) is 5.29. The maximum Gasteiger partial charge on any atom is 0.258 e. The lowest BCUT2D eigenvalue weighted by molar-refractivity contribution is -0.116. The van der Waals surface area contributed by atoms with Gasteiger partial charge in [-0.05, 0) is 19.1 Å². The Bertz CT molecular complexity index is 488. The summed E-state index contributed by atoms with van der Waals surface area (Å²) < 4.78 is 0. The molecule has 0 fully saturated rings. The summed E-state index contributed by atoms with van der Waals surface area (Å²) in [6, 6.07) is 6.74. The second kappa shape index (κ2) is 5.77. The Kier molecular flexibility index (Phi) is 4.37. The zero-order chi connectivity index (χ0) is 13.7. The van der Waals surface area contributed by atoms with Gasteiger partial charge in [-0.2, -0.15) is 0 Å². The molecular formula is C13H14N2O3. The molecule has 0 unspecified atom stereocenters. The van der Waals surface area contributed by atoms with Gasteiger partial charge in [0.25, 0.3) is 11.8 Å². The largest absolute Gasteiger partial charge is 0.355 e. The van der Waals surface area contributed by atoms with Crippen molar-refractivity contribution in [2.75, 3.05) is 7.05 Å². The third kappa shape index (κ3) is 3.04. The summed E-state index contributed by atoms with van der Waals surface area (Å²) in [4.78, 5) is 32.2. The molecule has 1 heterocycles. The molecule has 0 spiro atoms. The van der Waals surface area contributed by atoms with Crippen LogP contribution in [0.1, 0.15) is 27.6 Å². The number of nitrogens with one attached hydrogen (secondary N) is 2. The normalized spacial score (nSPS) is 11.9. The van der Waals surface area contributed by atoms with Crippen molar-refractivity contribution in [1.82, 2.24) is 10.6 Å². The Morgan fingerprint density at radius 2 is 1.61 bits per heavy atom. The molecule has 1 aromatic rings. The molecule has 2 rings (SSSR count). The van der Waals surface area contributed by atoms with Crippen LogP contribution >= 0.6 is 0 Å². The minimum atomic E-state index is -0.300. The summed E-state index contributed by atoms with van der Waals surface area (Å²) in [5.41, 5.74) is 1.48. The molecule has 1 aliphatic heterocycles. The Labute approximate surface area is 105 Å². The lowest BCUT2D eigenvalue weighted by atomic mass is 10.1. The van der Waals surface area contributed by atoms with Gasteiger partial charge in [-0.25, -0.2) is 0 Å². The molecule has 0 saturated heterocycles. The Morgan fingerprint density at radius 3 is 1.89 bits per heavy atom. The number of carbonyl (C=O) groups is 3. The van der Waals surface area contributed by atoms with Gasteiger partial charge in [-0.1, -0.05) is 18.7 Å². The predicted octanol–water partition coefficient (Wildman–Crippen LogP) is 0.879. The average Bonchev–Trinajstić information content (AvgIpc) is 2.65. The molecule has 5 nitrogen and oxygen atoms in total. The number of imide groups is 1. The van der Waals surface area contributed by atoms with Crippen molar-refractivity contribution in [3.63, 3.8) is 0 Å². The Morgan fingerprint density at radius 1 is 1.17 bits per heavy atom. The number of likely N-dealkylation sites (N-methyl/N-ethyl adjacent to an activating group) is 1. The van der Waals surface area contributed by atoms with Crippen LogP contribution < -0.4 is 10.6 Å². The van der Waals surface area contributed by atoms with Crippen molar-refractivity contribution in [3.8, 4) is 0 Å². The highest BCUT2D eigenvalue weighted by Gasteiger charge is 2.25. The lowest BCUT2D eigenvalue weighted by Gasteiger charge is -1.91. The summed E-state index contributed by atoms with van der Waals surface area (Å²) >= 11 is 0. The molecule has 3 amide bonds. The molecule has 0 aromatic heterocycles. The van der Waals surface area contributed by atoms with Crippen LogP contribution in [0.4, 0.5) is 0 Å². The fourth-order valence-electron chi connectivity index (χ4n) is 1.33. The van der Waals surface area contributed by atoms with E-state index < -0.39 is 0 Å². The molecule has 0 bridgehead atoms. The molecule has 5 heteroatoms. The van der Waals surface area contributed by atoms with Crippen molar-refractivity contribution in [1.29, 1.82) is 0 Å². The van der Waals surface area contributed by atoms with Crippen LogP contribution in [0.2, 0.25) is 0 Å². The van der Waals surface area contributed by atoms with Crippen molar-refractivity contribution in [3.05, 3.63) is 47.5 Å². The van der Waals surface area contributed by atoms with E-state index in [4.69, 9.17) is 0 Å². The predicted molar refractivity (Wildman–Crippen MR) is 67.1 cm³/mol. The number of rotatable bonds is 1. The van der Waals surface area contributed by atoms with Crippen LogP contribution in [-0.4, -0.2) is 24.8 Å². The summed E-state index contributed by atoms with van der Waals surface area (Å²) in [5.74, 6) is -0.698. The van der Waals surface area contributed by atoms with Gasteiger partial charge in [0.1, 0.15) is 0 Å². The van der Waals surface area contributed by atoms with Crippen molar-refractivity contribution in [2.45, 2.75) is 6.92 Å². The second-order valence-electron chi connectivity index (χ2n) is 3.69. The van der Waals surface area contributed by atoms with Crippen LogP contribution in [0.3, 0.4) is 0 Å². The lowest BCUT2D eigenvalue weighted by Crippen LogP contribution is -2.19. The van der Waals surface area contributed by atoms with E-state index in [1.54, 1.807) is 38.2 Å². The van der Waals surface area contributed by atoms with E-state index in [9.17, 15) is 14.4 Å². The summed E-state index contributed by atoms with van der Waals surface area (Å²) in [6.07, 6.45) is 0. The van der Waals surface area contributed by atoms with E-state index >= 15 is 0 Å². The maximum atomic E-state index is 10.9. The standard InChI is InChI=1S/C8H5NO2.C5H9NO/c10-7-5-3-1-2-4-6(5)8(11)9-7;1-4(2)5(7)6-3/h1-4H,(H,9,10,11);1H2,2-3H3,(H,6,7). The molecule has 0 atom stereocenters. The zero-order valence-corrected chi connectivity index (χ0v) is 10.2. The van der Waals surface area contributed by atoms with E-state index in [-0.39, 0.29) is 17.7 Å². The number of fused-ring (bicyclic) bond motifs is 1. The quantitative estimate of drug-likeness (QED) is 0.570. The summed E-state index contributed by atoms with van der Waals surface area (Å²) in [5, 5.41) is 4.63. The van der Waals surface area contributed by atoms with Gasteiger partial charge < -0.3 is 5.32 Å². The zero-order valence-electron chi connectivity index (χ0n) is 10.2. The minimum absolute atomic E-state index is 0.0972. The van der Waals surface area contributed by atoms with E-state index in [1.165, 1.54) is 0 Å². The van der Waals surface area contributed by atoms with Gasteiger partial charge in [0.2, 0.25) is 5.91 Å². The first kappa shape index (κ1) is 13.6. The van der Waals surface area contributed by atoms with E-state index in [0.29, 0.717) is 16.7 Å². The van der Waals surface area contributed by atoms with Crippen LogP contribution in [0.15, 0.2) is 36.4 Å². The van der Waals surface area contributed by atoms with E-state index in [1.807, 2.05) is 0 Å². The van der Waals surface area contributed by atoms with Crippen LogP contribution in [0.5, 0.6) is 0 Å². The second-order valence-corrected chi connectivity index (χ2v) is 3.69. The van der Waals surface area contributed by atoms with Gasteiger partial charge in [-0.15, -0.1) is 0 Å². The van der Waals surface area contributed by atoms with Gasteiger partial charge in [0, 0.05) is 12.6 Å². The molecule has 1 aromatic carbocycles. The smallest absolute Gasteiger partial charge is 0.258 e. The molecule has 18 heavy (non-hydrogen) atoms. The van der Waals surface area contributed by atoms with E-state index in [0.717, 1.165) is 0 Å². The maximum absolute atomic E-state index is 10.9. The molecule has 0 saturated carbocycles. The molecule has 0 aliphatic carbocycles. The SMILES string of the molecule is C=C(C)C(=O)NC.O=C1NC(=O)c2ccccc21. The van der Waals surface area contributed by atoms with Gasteiger partial charge in [0.15, 0.2) is 0 Å². The highest BCUT2D eigenvalue weighted by molar-refractivity contribution is 6.21. The van der Waals surface area contributed by atoms with Crippen molar-refractivity contribution >= 4 is 17.7 Å². The highest BCUT2D eigenvalue weighted by Crippen LogP contribution is 2.13. The molecule has 0 radical (unpaired) electrons. The van der Waals surface area contributed by atoms with E-state index in [2.05, 4.69) is 17.2 Å². The highest BCUT2D eigenvalue weighted by atomic mass is 16.2. The van der Waals surface area contributed by atoms with Gasteiger partial charge in [-0.3, -0.25) is 19.7 Å². The molecule has 1 aliphatic rings. The summed E-state index contributed by atoms with van der Waals surface area (Å²) in [6.45, 7) is 5.08. The topological polar surface area (TPSA) is 75.3 Å². The Balaban J connectivity index is 0.000000203. The average molecular weight is 246 g/mol.